The molecule has 1 saturated carbocycles. The summed E-state index contributed by atoms with van der Waals surface area (Å²) in [5.41, 5.74) is 0. The number of hydrogen-bond acceptors (Lipinski definition) is 3. The molecule has 1 aliphatic rings. The Morgan fingerprint density at radius 1 is 1.26 bits per heavy atom. The average molecular weight is 271 g/mol. The highest BCUT2D eigenvalue weighted by Crippen LogP contribution is 2.38. The van der Waals surface area contributed by atoms with Gasteiger partial charge in [0, 0.05) is 19.8 Å². The molecule has 0 radical (unpaired) electrons. The molecule has 0 aromatic rings. The molecule has 1 rings (SSSR count). The van der Waals surface area contributed by atoms with E-state index in [4.69, 9.17) is 4.74 Å². The molecule has 0 saturated heterocycles. The van der Waals surface area contributed by atoms with Gasteiger partial charge in [-0.2, -0.15) is 0 Å². The largest absolute Gasteiger partial charge is 0.481 e. The third kappa shape index (κ3) is 4.82. The lowest BCUT2D eigenvalue weighted by Gasteiger charge is -2.15. The summed E-state index contributed by atoms with van der Waals surface area (Å²) in [6, 6.07) is 0. The zero-order valence-electron chi connectivity index (χ0n) is 11.9. The molecule has 1 amide bonds. The molecule has 0 heterocycles. The lowest BCUT2D eigenvalue weighted by Crippen LogP contribution is -2.36. The maximum Gasteiger partial charge on any atom is 0.307 e. The van der Waals surface area contributed by atoms with Gasteiger partial charge in [-0.3, -0.25) is 9.59 Å². The SMILES string of the molecule is CCOCCCNC(=O)[C@H]1CC(CC)C[C@H]1C(=O)O. The lowest BCUT2D eigenvalue weighted by atomic mass is 9.95. The van der Waals surface area contributed by atoms with E-state index in [0.29, 0.717) is 38.5 Å². The predicted molar refractivity (Wildman–Crippen MR) is 71.8 cm³/mol. The maximum atomic E-state index is 12.0. The van der Waals surface area contributed by atoms with Gasteiger partial charge in [0.25, 0.3) is 0 Å². The van der Waals surface area contributed by atoms with Crippen molar-refractivity contribution in [1.82, 2.24) is 5.32 Å². The second-order valence-electron chi connectivity index (χ2n) is 5.14. The van der Waals surface area contributed by atoms with Crippen molar-refractivity contribution in [2.45, 2.75) is 39.5 Å². The van der Waals surface area contributed by atoms with Crippen LogP contribution in [0.5, 0.6) is 0 Å². The van der Waals surface area contributed by atoms with Crippen LogP contribution >= 0.6 is 0 Å². The van der Waals surface area contributed by atoms with Crippen molar-refractivity contribution < 1.29 is 19.4 Å². The van der Waals surface area contributed by atoms with Gasteiger partial charge < -0.3 is 15.2 Å². The molecule has 0 aliphatic heterocycles. The Kier molecular flexibility index (Phi) is 6.84. The summed E-state index contributed by atoms with van der Waals surface area (Å²) in [5, 5.41) is 12.0. The van der Waals surface area contributed by atoms with Gasteiger partial charge in [-0.25, -0.2) is 0 Å². The van der Waals surface area contributed by atoms with Crippen molar-refractivity contribution >= 4 is 11.9 Å². The van der Waals surface area contributed by atoms with Crippen LogP contribution in [0.4, 0.5) is 0 Å². The summed E-state index contributed by atoms with van der Waals surface area (Å²) >= 11 is 0. The van der Waals surface area contributed by atoms with Crippen LogP contribution in [-0.2, 0) is 14.3 Å². The summed E-state index contributed by atoms with van der Waals surface area (Å²) < 4.78 is 5.19. The van der Waals surface area contributed by atoms with Crippen molar-refractivity contribution in [2.75, 3.05) is 19.8 Å². The molecular weight excluding hydrogens is 246 g/mol. The van der Waals surface area contributed by atoms with Gasteiger partial charge in [0.05, 0.1) is 11.8 Å². The van der Waals surface area contributed by atoms with E-state index in [0.717, 1.165) is 12.8 Å². The Balaban J connectivity index is 2.39. The monoisotopic (exact) mass is 271 g/mol. The number of aliphatic carboxylic acids is 1. The molecule has 1 fully saturated rings. The number of carbonyl (C=O) groups is 2. The summed E-state index contributed by atoms with van der Waals surface area (Å²) in [4.78, 5) is 23.2. The number of ether oxygens (including phenoxy) is 1. The van der Waals surface area contributed by atoms with E-state index in [-0.39, 0.29) is 11.8 Å². The van der Waals surface area contributed by atoms with Crippen LogP contribution in [0.1, 0.15) is 39.5 Å². The molecule has 1 aliphatic carbocycles. The molecule has 110 valence electrons. The summed E-state index contributed by atoms with van der Waals surface area (Å²) in [6.45, 7) is 5.83. The first kappa shape index (κ1) is 16.0. The zero-order valence-corrected chi connectivity index (χ0v) is 11.9. The molecule has 1 unspecified atom stereocenters. The fourth-order valence-corrected chi connectivity index (χ4v) is 2.70. The van der Waals surface area contributed by atoms with Gasteiger partial charge in [0.15, 0.2) is 0 Å². The van der Waals surface area contributed by atoms with Crippen molar-refractivity contribution in [3.05, 3.63) is 0 Å². The van der Waals surface area contributed by atoms with Gasteiger partial charge in [0.1, 0.15) is 0 Å². The van der Waals surface area contributed by atoms with E-state index in [1.165, 1.54) is 0 Å². The van der Waals surface area contributed by atoms with Crippen LogP contribution in [0.2, 0.25) is 0 Å². The number of carbonyl (C=O) groups excluding carboxylic acids is 1. The predicted octanol–water partition coefficient (Wildman–Crippen LogP) is 1.67. The fourth-order valence-electron chi connectivity index (χ4n) is 2.70. The third-order valence-electron chi connectivity index (χ3n) is 3.86. The Morgan fingerprint density at radius 2 is 1.95 bits per heavy atom. The normalized spacial score (nSPS) is 26.3. The van der Waals surface area contributed by atoms with Gasteiger partial charge in [0.2, 0.25) is 5.91 Å². The Morgan fingerprint density at radius 3 is 2.53 bits per heavy atom. The maximum absolute atomic E-state index is 12.0. The number of carboxylic acid groups (broad SMARTS) is 1. The van der Waals surface area contributed by atoms with Gasteiger partial charge >= 0.3 is 5.97 Å². The molecule has 5 heteroatoms. The molecule has 0 spiro atoms. The average Bonchev–Trinajstić information content (AvgIpc) is 2.82. The van der Waals surface area contributed by atoms with Crippen LogP contribution in [0.15, 0.2) is 0 Å². The van der Waals surface area contributed by atoms with E-state index < -0.39 is 11.9 Å². The molecule has 5 nitrogen and oxygen atoms in total. The number of amides is 1. The molecule has 0 aromatic heterocycles. The van der Waals surface area contributed by atoms with Crippen molar-refractivity contribution in [3.8, 4) is 0 Å². The van der Waals surface area contributed by atoms with Gasteiger partial charge in [-0.15, -0.1) is 0 Å². The summed E-state index contributed by atoms with van der Waals surface area (Å²) in [7, 11) is 0. The Bertz CT molecular complexity index is 306. The number of rotatable bonds is 8. The molecule has 19 heavy (non-hydrogen) atoms. The smallest absolute Gasteiger partial charge is 0.307 e. The first-order valence-electron chi connectivity index (χ1n) is 7.18. The highest BCUT2D eigenvalue weighted by atomic mass is 16.5. The first-order chi connectivity index (χ1) is 9.10. The van der Waals surface area contributed by atoms with Gasteiger partial charge in [-0.1, -0.05) is 13.3 Å². The second kappa shape index (κ2) is 8.15. The van der Waals surface area contributed by atoms with E-state index >= 15 is 0 Å². The second-order valence-corrected chi connectivity index (χ2v) is 5.14. The minimum absolute atomic E-state index is 0.111. The van der Waals surface area contributed by atoms with Crippen molar-refractivity contribution in [2.24, 2.45) is 17.8 Å². The lowest BCUT2D eigenvalue weighted by molar-refractivity contribution is -0.146. The minimum Gasteiger partial charge on any atom is -0.481 e. The van der Waals surface area contributed by atoms with E-state index in [9.17, 15) is 14.7 Å². The topological polar surface area (TPSA) is 75.6 Å². The number of hydrogen-bond donors (Lipinski definition) is 2. The number of carboxylic acids is 1. The minimum atomic E-state index is -0.842. The van der Waals surface area contributed by atoms with Crippen LogP contribution in [0.25, 0.3) is 0 Å². The van der Waals surface area contributed by atoms with Crippen LogP contribution in [0, 0.1) is 17.8 Å². The van der Waals surface area contributed by atoms with Crippen LogP contribution in [-0.4, -0.2) is 36.7 Å². The van der Waals surface area contributed by atoms with Crippen LogP contribution in [0.3, 0.4) is 0 Å². The van der Waals surface area contributed by atoms with Gasteiger partial charge in [-0.05, 0) is 32.1 Å². The van der Waals surface area contributed by atoms with E-state index in [1.807, 2.05) is 13.8 Å². The molecular formula is C14H25NO4. The number of nitrogens with one attached hydrogen (secondary N) is 1. The van der Waals surface area contributed by atoms with Crippen molar-refractivity contribution in [3.63, 3.8) is 0 Å². The first-order valence-corrected chi connectivity index (χ1v) is 7.18. The highest BCUT2D eigenvalue weighted by molar-refractivity contribution is 5.85. The molecule has 3 atom stereocenters. The highest BCUT2D eigenvalue weighted by Gasteiger charge is 2.41. The standard InChI is InChI=1S/C14H25NO4/c1-3-10-8-11(12(9-10)14(17)18)13(16)15-6-5-7-19-4-2/h10-12H,3-9H2,1-2H3,(H,15,16)(H,17,18)/t10?,11-,12+/m0/s1. The Labute approximate surface area is 114 Å². The third-order valence-corrected chi connectivity index (χ3v) is 3.86. The zero-order chi connectivity index (χ0) is 14.3. The summed E-state index contributed by atoms with van der Waals surface area (Å²) in [6.07, 6.45) is 3.03. The fraction of sp³-hybridized carbons (Fsp3) is 0.857. The molecule has 0 bridgehead atoms. The molecule has 2 N–H and O–H groups in total. The van der Waals surface area contributed by atoms with Crippen LogP contribution < -0.4 is 5.32 Å². The molecule has 0 aromatic carbocycles. The van der Waals surface area contributed by atoms with E-state index in [2.05, 4.69) is 5.32 Å². The quantitative estimate of drug-likeness (QED) is 0.658. The van der Waals surface area contributed by atoms with Crippen molar-refractivity contribution in [1.29, 1.82) is 0 Å². The summed E-state index contributed by atoms with van der Waals surface area (Å²) in [5.74, 6) is -1.48. The Hall–Kier alpha value is -1.10. The van der Waals surface area contributed by atoms with E-state index in [1.54, 1.807) is 0 Å².